The van der Waals surface area contributed by atoms with Crippen molar-refractivity contribution in [3.8, 4) is 5.75 Å². The standard InChI is InChI=1S/C44H56ClN7O6S/c1-29-6-4-8-39(56-3)35-12-9-32(35)22-52-27-44(15-5-7-30-20-33(45)11-13-37(30)44)28-58-40-14-10-31(21-38(40)52)42(53)47-59(55,26-29)48-43(54)36-24-49(2)46-41(36)51-17-16-50-18-19-57-25-34(50)23-51/h4,8,10-11,13-14,20-21,24,29,32,34-35,39H,5-7,9,12,15-19,22-23,25-28H2,1-3H3,(H,47,48,53,54,55)/b8-4-/t29-,32-,34-,35+,39-,44-,59?/m0/s1. The Balaban J connectivity index is 1.07. The summed E-state index contributed by atoms with van der Waals surface area (Å²) in [6.07, 6.45) is 11.5. The van der Waals surface area contributed by atoms with Crippen molar-refractivity contribution >= 4 is 44.8 Å². The van der Waals surface area contributed by atoms with Gasteiger partial charge in [-0.2, -0.15) is 5.10 Å². The third-order valence-corrected chi connectivity index (χ3v) is 15.8. The van der Waals surface area contributed by atoms with Gasteiger partial charge in [0, 0.05) is 75.6 Å². The molecule has 6 aliphatic rings. The summed E-state index contributed by atoms with van der Waals surface area (Å²) in [6.45, 7) is 8.35. The average Bonchev–Trinajstić information content (AvgIpc) is 3.54. The van der Waals surface area contributed by atoms with Crippen molar-refractivity contribution < 1.29 is 28.0 Å². The maximum absolute atomic E-state index is 15.0. The SMILES string of the molecule is CO[C@H]1/C=C\C[C@H](C)CS(=O)(NC(=O)c2cn(C)nc2N2CCN3CCOC[C@@H]3C2)=NC(=O)c2ccc3c(c2)N(C[C@@H]2CC[C@H]21)C[C@@]1(CCCc2cc(Cl)ccc21)CO3. The molecule has 2 amide bonds. The molecular weight excluding hydrogens is 790 g/mol. The fourth-order valence-electron chi connectivity index (χ4n) is 10.4. The van der Waals surface area contributed by atoms with Crippen molar-refractivity contribution in [1.29, 1.82) is 0 Å². The summed E-state index contributed by atoms with van der Waals surface area (Å²) in [7, 11) is -0.0861. The van der Waals surface area contributed by atoms with Gasteiger partial charge in [-0.3, -0.25) is 23.9 Å². The first-order valence-corrected chi connectivity index (χ1v) is 23.3. The van der Waals surface area contributed by atoms with Crippen LogP contribution in [0.15, 0.2) is 59.1 Å². The molecule has 1 aromatic heterocycles. The Bertz CT molecular complexity index is 2260. The number of morpholine rings is 1. The summed E-state index contributed by atoms with van der Waals surface area (Å²) in [5, 5.41) is 5.42. The summed E-state index contributed by atoms with van der Waals surface area (Å²) in [4.78, 5) is 35.5. The van der Waals surface area contributed by atoms with E-state index in [4.69, 9.17) is 25.8 Å². The predicted molar refractivity (Wildman–Crippen MR) is 229 cm³/mol. The maximum atomic E-state index is 15.0. The van der Waals surface area contributed by atoms with Crippen LogP contribution in [0.3, 0.4) is 0 Å². The number of piperazine rings is 1. The molecule has 2 aliphatic carbocycles. The molecule has 2 bridgehead atoms. The lowest BCUT2D eigenvalue weighted by molar-refractivity contribution is -0.0118. The van der Waals surface area contributed by atoms with Gasteiger partial charge < -0.3 is 24.0 Å². The average molecular weight is 846 g/mol. The highest BCUT2D eigenvalue weighted by Gasteiger charge is 2.44. The molecule has 5 heterocycles. The predicted octanol–water partition coefficient (Wildman–Crippen LogP) is 5.66. The van der Waals surface area contributed by atoms with Gasteiger partial charge >= 0.3 is 0 Å². The van der Waals surface area contributed by atoms with Crippen LogP contribution in [0.1, 0.15) is 70.9 Å². The second-order valence-corrected chi connectivity index (χ2v) is 20.1. The van der Waals surface area contributed by atoms with E-state index >= 15 is 4.21 Å². The number of aromatic nitrogens is 2. The summed E-state index contributed by atoms with van der Waals surface area (Å²) in [5.74, 6) is 0.501. The van der Waals surface area contributed by atoms with Gasteiger partial charge in [0.05, 0.1) is 43.4 Å². The first-order valence-electron chi connectivity index (χ1n) is 21.2. The number of anilines is 2. The van der Waals surface area contributed by atoms with Crippen molar-refractivity contribution in [2.75, 3.05) is 81.8 Å². The number of nitrogens with one attached hydrogen (secondary N) is 1. The van der Waals surface area contributed by atoms with Crippen LogP contribution in [0.4, 0.5) is 11.5 Å². The van der Waals surface area contributed by atoms with E-state index < -0.39 is 21.7 Å². The number of methoxy groups -OCH3 is 1. The van der Waals surface area contributed by atoms with Crippen LogP contribution in [0, 0.1) is 17.8 Å². The van der Waals surface area contributed by atoms with Crippen molar-refractivity contribution in [1.82, 2.24) is 19.4 Å². The molecule has 1 spiro atoms. The van der Waals surface area contributed by atoms with E-state index in [1.807, 2.05) is 25.1 Å². The van der Waals surface area contributed by atoms with E-state index in [0.717, 1.165) is 69.1 Å². The first-order chi connectivity index (χ1) is 28.5. The number of fused-ring (bicyclic) bond motifs is 5. The number of nitrogens with zero attached hydrogens (tertiary/aromatic N) is 6. The Morgan fingerprint density at radius 1 is 1.10 bits per heavy atom. The monoisotopic (exact) mass is 845 g/mol. The highest BCUT2D eigenvalue weighted by Crippen LogP contribution is 2.47. The third kappa shape index (κ3) is 8.15. The number of benzene rings is 2. The molecular formula is C44H56ClN7O6S. The molecule has 7 atom stereocenters. The number of allylic oxidation sites excluding steroid dienone is 1. The van der Waals surface area contributed by atoms with Crippen molar-refractivity contribution in [2.45, 2.75) is 63.0 Å². The van der Waals surface area contributed by atoms with Crippen LogP contribution in [0.2, 0.25) is 5.02 Å². The number of rotatable bonds is 4. The lowest BCUT2D eigenvalue weighted by Crippen LogP contribution is -2.58. The highest BCUT2D eigenvalue weighted by molar-refractivity contribution is 7.92. The van der Waals surface area contributed by atoms with Gasteiger partial charge in [0.2, 0.25) is 0 Å². The largest absolute Gasteiger partial charge is 0.490 e. The zero-order chi connectivity index (χ0) is 40.9. The highest BCUT2D eigenvalue weighted by atomic mass is 35.5. The number of hydrogen-bond acceptors (Lipinski definition) is 10. The Labute approximate surface area is 352 Å². The minimum atomic E-state index is -3.63. The quantitative estimate of drug-likeness (QED) is 0.329. The van der Waals surface area contributed by atoms with E-state index in [0.29, 0.717) is 73.8 Å². The molecule has 1 unspecified atom stereocenters. The Morgan fingerprint density at radius 2 is 1.98 bits per heavy atom. The van der Waals surface area contributed by atoms with Gasteiger partial charge in [-0.25, -0.2) is 4.21 Å². The lowest BCUT2D eigenvalue weighted by Gasteiger charge is -2.46. The van der Waals surface area contributed by atoms with Gasteiger partial charge in [-0.1, -0.05) is 36.7 Å². The molecule has 1 saturated carbocycles. The molecule has 3 fully saturated rings. The van der Waals surface area contributed by atoms with Crippen LogP contribution in [0.25, 0.3) is 0 Å². The van der Waals surface area contributed by atoms with Crippen LogP contribution < -0.4 is 19.3 Å². The molecule has 316 valence electrons. The second kappa shape index (κ2) is 16.5. The number of ether oxygens (including phenoxy) is 3. The smallest absolute Gasteiger partial charge is 0.286 e. The molecule has 2 saturated heterocycles. The number of amides is 2. The number of carbonyl (C=O) groups is 2. The van der Waals surface area contributed by atoms with Gasteiger partial charge in [-0.15, -0.1) is 4.36 Å². The van der Waals surface area contributed by atoms with Crippen LogP contribution >= 0.6 is 11.6 Å². The Kier molecular flexibility index (Phi) is 11.3. The fourth-order valence-corrected chi connectivity index (χ4v) is 12.5. The lowest BCUT2D eigenvalue weighted by atomic mass is 9.68. The first kappa shape index (κ1) is 40.5. The third-order valence-electron chi connectivity index (χ3n) is 13.6. The van der Waals surface area contributed by atoms with E-state index in [-0.39, 0.29) is 29.2 Å². The van der Waals surface area contributed by atoms with Crippen LogP contribution in [0.5, 0.6) is 5.75 Å². The molecule has 2 aromatic carbocycles. The van der Waals surface area contributed by atoms with Gasteiger partial charge in [0.1, 0.15) is 21.2 Å². The Morgan fingerprint density at radius 3 is 2.81 bits per heavy atom. The van der Waals surface area contributed by atoms with Crippen molar-refractivity contribution in [3.63, 3.8) is 0 Å². The number of hydrogen-bond donors (Lipinski definition) is 1. The van der Waals surface area contributed by atoms with Crippen LogP contribution in [-0.4, -0.2) is 115 Å². The summed E-state index contributed by atoms with van der Waals surface area (Å²) < 4.78 is 42.4. The molecule has 13 nitrogen and oxygen atoms in total. The van der Waals surface area contributed by atoms with Gasteiger partial charge in [0.25, 0.3) is 11.8 Å². The molecule has 4 aliphatic heterocycles. The topological polar surface area (TPSA) is 131 Å². The van der Waals surface area contributed by atoms with Crippen molar-refractivity contribution in [2.24, 2.45) is 29.2 Å². The minimum Gasteiger partial charge on any atom is -0.490 e. The number of halogens is 1. The van der Waals surface area contributed by atoms with Gasteiger partial charge in [0.15, 0.2) is 5.82 Å². The normalized spacial score (nSPS) is 31.7. The summed E-state index contributed by atoms with van der Waals surface area (Å²) in [6, 6.07) is 11.8. The van der Waals surface area contributed by atoms with E-state index in [1.165, 1.54) is 11.1 Å². The fraction of sp³-hybridized carbons (Fsp3) is 0.568. The zero-order valence-electron chi connectivity index (χ0n) is 34.3. The minimum absolute atomic E-state index is 0.0155. The number of aryl methyl sites for hydroxylation is 2. The van der Waals surface area contributed by atoms with E-state index in [2.05, 4.69) is 53.2 Å². The zero-order valence-corrected chi connectivity index (χ0v) is 35.9. The maximum Gasteiger partial charge on any atom is 0.286 e. The molecule has 59 heavy (non-hydrogen) atoms. The second-order valence-electron chi connectivity index (χ2n) is 17.6. The van der Waals surface area contributed by atoms with E-state index in [1.54, 1.807) is 31.1 Å². The molecule has 1 N–H and O–H groups in total. The Hall–Kier alpha value is -3.95. The number of carbonyl (C=O) groups excluding carboxylic acids is 2. The molecule has 9 rings (SSSR count). The summed E-state index contributed by atoms with van der Waals surface area (Å²) >= 11 is 6.50. The molecule has 3 aromatic rings. The van der Waals surface area contributed by atoms with Crippen molar-refractivity contribution in [3.05, 3.63) is 82.0 Å². The van der Waals surface area contributed by atoms with Crippen LogP contribution in [-0.2, 0) is 38.3 Å². The summed E-state index contributed by atoms with van der Waals surface area (Å²) in [5.41, 5.74) is 3.66. The molecule has 15 heteroatoms. The molecule has 0 radical (unpaired) electrons. The van der Waals surface area contributed by atoms with E-state index in [9.17, 15) is 9.59 Å². The van der Waals surface area contributed by atoms with Gasteiger partial charge in [-0.05, 0) is 97.7 Å².